The molecule has 1 amide bonds. The smallest absolute Gasteiger partial charge is 0.325 e. The molecule has 0 aromatic heterocycles. The number of nitrogens with zero attached hydrogens (tertiary/aromatic N) is 1. The van der Waals surface area contributed by atoms with Crippen molar-refractivity contribution >= 4 is 11.6 Å². The maximum Gasteiger partial charge on any atom is 0.416 e. The van der Waals surface area contributed by atoms with Crippen LogP contribution < -0.4 is 5.32 Å². The molecule has 0 radical (unpaired) electrons. The Hall–Kier alpha value is -2.34. The summed E-state index contributed by atoms with van der Waals surface area (Å²) in [5.41, 5.74) is 2.65. The number of nitrogens with one attached hydrogen (secondary N) is 1. The number of alkyl halides is 3. The van der Waals surface area contributed by atoms with Crippen molar-refractivity contribution in [2.24, 2.45) is 0 Å². The fourth-order valence-electron chi connectivity index (χ4n) is 2.53. The first-order valence-corrected chi connectivity index (χ1v) is 7.87. The third kappa shape index (κ3) is 5.32. The van der Waals surface area contributed by atoms with Gasteiger partial charge in [0.1, 0.15) is 0 Å². The van der Waals surface area contributed by atoms with Crippen molar-refractivity contribution < 1.29 is 18.0 Å². The molecule has 0 fully saturated rings. The normalized spacial score (nSPS) is 11.6. The summed E-state index contributed by atoms with van der Waals surface area (Å²) in [5, 5.41) is 2.84. The average molecular weight is 350 g/mol. The number of hydrogen-bond acceptors (Lipinski definition) is 2. The molecule has 0 bridgehead atoms. The van der Waals surface area contributed by atoms with Crippen molar-refractivity contribution in [1.29, 1.82) is 0 Å². The molecule has 0 spiro atoms. The van der Waals surface area contributed by atoms with Crippen molar-refractivity contribution in [3.63, 3.8) is 0 Å². The Balaban J connectivity index is 1.97. The highest BCUT2D eigenvalue weighted by molar-refractivity contribution is 5.93. The lowest BCUT2D eigenvalue weighted by Crippen LogP contribution is -2.30. The predicted molar refractivity (Wildman–Crippen MR) is 92.3 cm³/mol. The molecule has 2 rings (SSSR count). The van der Waals surface area contributed by atoms with Crippen LogP contribution >= 0.6 is 0 Å². The summed E-state index contributed by atoms with van der Waals surface area (Å²) >= 11 is 0. The molecule has 6 heteroatoms. The van der Waals surface area contributed by atoms with Gasteiger partial charge in [-0.05, 0) is 49.7 Å². The molecule has 0 aliphatic rings. The van der Waals surface area contributed by atoms with Crippen molar-refractivity contribution in [2.75, 3.05) is 18.9 Å². The summed E-state index contributed by atoms with van der Waals surface area (Å²) in [6.45, 7) is 4.23. The average Bonchev–Trinajstić information content (AvgIpc) is 2.51. The lowest BCUT2D eigenvalue weighted by atomic mass is 10.1. The Morgan fingerprint density at radius 1 is 1.12 bits per heavy atom. The Kier molecular flexibility index (Phi) is 5.85. The quantitative estimate of drug-likeness (QED) is 0.867. The molecule has 134 valence electrons. The van der Waals surface area contributed by atoms with Crippen LogP contribution in [-0.4, -0.2) is 24.4 Å². The van der Waals surface area contributed by atoms with Crippen molar-refractivity contribution in [3.05, 3.63) is 64.7 Å². The molecule has 1 N–H and O–H groups in total. The number of likely N-dealkylation sites (N-methyl/N-ethyl adjacent to an activating group) is 1. The lowest BCUT2D eigenvalue weighted by Gasteiger charge is -2.18. The summed E-state index contributed by atoms with van der Waals surface area (Å²) in [4.78, 5) is 13.8. The van der Waals surface area contributed by atoms with E-state index in [4.69, 9.17) is 0 Å². The van der Waals surface area contributed by atoms with Crippen LogP contribution in [0.2, 0.25) is 0 Å². The first-order chi connectivity index (χ1) is 11.7. The summed E-state index contributed by atoms with van der Waals surface area (Å²) in [6, 6.07) is 10.8. The van der Waals surface area contributed by atoms with Gasteiger partial charge in [0.15, 0.2) is 0 Å². The first-order valence-electron chi connectivity index (χ1n) is 7.87. The molecule has 0 aliphatic heterocycles. The van der Waals surface area contributed by atoms with E-state index in [1.165, 1.54) is 6.07 Å². The van der Waals surface area contributed by atoms with Crippen LogP contribution in [0.15, 0.2) is 42.5 Å². The minimum absolute atomic E-state index is 0.0869. The molecule has 3 nitrogen and oxygen atoms in total. The minimum Gasteiger partial charge on any atom is -0.325 e. The van der Waals surface area contributed by atoms with Gasteiger partial charge in [-0.1, -0.05) is 30.3 Å². The molecule has 0 unspecified atom stereocenters. The monoisotopic (exact) mass is 350 g/mol. The second-order valence-electron chi connectivity index (χ2n) is 6.17. The highest BCUT2D eigenvalue weighted by Crippen LogP contribution is 2.29. The van der Waals surface area contributed by atoms with Crippen molar-refractivity contribution in [1.82, 2.24) is 4.90 Å². The molecule has 0 heterocycles. The van der Waals surface area contributed by atoms with Crippen LogP contribution in [0.1, 0.15) is 22.3 Å². The second-order valence-corrected chi connectivity index (χ2v) is 6.17. The minimum atomic E-state index is -4.37. The van der Waals surface area contributed by atoms with Crippen LogP contribution in [0.5, 0.6) is 0 Å². The predicted octanol–water partition coefficient (Wildman–Crippen LogP) is 4.39. The Morgan fingerprint density at radius 2 is 1.80 bits per heavy atom. The SMILES string of the molecule is Cc1cccc(NC(=O)CN(C)Cc2cccc(C(F)(F)F)c2)c1C. The van der Waals surface area contributed by atoms with Crippen molar-refractivity contribution in [3.8, 4) is 0 Å². The van der Waals surface area contributed by atoms with Crippen molar-refractivity contribution in [2.45, 2.75) is 26.6 Å². The maximum absolute atomic E-state index is 12.8. The fourth-order valence-corrected chi connectivity index (χ4v) is 2.53. The van der Waals surface area contributed by atoms with Gasteiger partial charge in [-0.3, -0.25) is 9.69 Å². The van der Waals surface area contributed by atoms with Gasteiger partial charge in [0.05, 0.1) is 12.1 Å². The van der Waals surface area contributed by atoms with Gasteiger partial charge in [0.25, 0.3) is 0 Å². The van der Waals surface area contributed by atoms with Gasteiger partial charge in [-0.25, -0.2) is 0 Å². The van der Waals surface area contributed by atoms with E-state index in [1.807, 2.05) is 32.0 Å². The number of amides is 1. The molecule has 2 aromatic rings. The van der Waals surface area contributed by atoms with E-state index in [9.17, 15) is 18.0 Å². The lowest BCUT2D eigenvalue weighted by molar-refractivity contribution is -0.137. The highest BCUT2D eigenvalue weighted by atomic mass is 19.4. The molecule has 0 atom stereocenters. The van der Waals surface area contributed by atoms with E-state index >= 15 is 0 Å². The van der Waals surface area contributed by atoms with Gasteiger partial charge >= 0.3 is 6.18 Å². The Bertz CT molecular complexity index is 757. The third-order valence-corrected chi connectivity index (χ3v) is 4.00. The van der Waals surface area contributed by atoms with E-state index in [2.05, 4.69) is 5.32 Å². The summed E-state index contributed by atoms with van der Waals surface area (Å²) in [6.07, 6.45) is -4.37. The van der Waals surface area contributed by atoms with E-state index in [1.54, 1.807) is 18.0 Å². The molecule has 0 saturated heterocycles. The van der Waals surface area contributed by atoms with E-state index < -0.39 is 11.7 Å². The number of rotatable bonds is 5. The van der Waals surface area contributed by atoms with Gasteiger partial charge in [-0.15, -0.1) is 0 Å². The Morgan fingerprint density at radius 3 is 2.48 bits per heavy atom. The number of hydrogen-bond donors (Lipinski definition) is 1. The third-order valence-electron chi connectivity index (χ3n) is 4.00. The van der Waals surface area contributed by atoms with Crippen LogP contribution in [0.4, 0.5) is 18.9 Å². The van der Waals surface area contributed by atoms with Crippen LogP contribution in [0.3, 0.4) is 0 Å². The highest BCUT2D eigenvalue weighted by Gasteiger charge is 2.30. The summed E-state index contributed by atoms with van der Waals surface area (Å²) < 4.78 is 38.3. The van der Waals surface area contributed by atoms with Gasteiger partial charge < -0.3 is 5.32 Å². The zero-order valence-electron chi connectivity index (χ0n) is 14.4. The number of halogens is 3. The Labute approximate surface area is 145 Å². The topological polar surface area (TPSA) is 32.3 Å². The molecule has 25 heavy (non-hydrogen) atoms. The molecule has 0 aliphatic carbocycles. The van der Waals surface area contributed by atoms with Crippen LogP contribution in [-0.2, 0) is 17.5 Å². The maximum atomic E-state index is 12.8. The standard InChI is InChI=1S/C19H21F3N2O/c1-13-6-4-9-17(14(13)2)23-18(25)12-24(3)11-15-7-5-8-16(10-15)19(20,21)22/h4-10H,11-12H2,1-3H3,(H,23,25). The van der Waals surface area contributed by atoms with Crippen LogP contribution in [0.25, 0.3) is 0 Å². The van der Waals surface area contributed by atoms with Gasteiger partial charge in [0, 0.05) is 12.2 Å². The molecule has 0 saturated carbocycles. The number of anilines is 1. The van der Waals surface area contributed by atoms with Crippen LogP contribution in [0, 0.1) is 13.8 Å². The molecular weight excluding hydrogens is 329 g/mol. The number of benzene rings is 2. The van der Waals surface area contributed by atoms with Gasteiger partial charge in [0.2, 0.25) is 5.91 Å². The van der Waals surface area contributed by atoms with E-state index in [0.717, 1.165) is 28.9 Å². The zero-order chi connectivity index (χ0) is 18.6. The summed E-state index contributed by atoms with van der Waals surface area (Å²) in [5.74, 6) is -0.205. The zero-order valence-corrected chi connectivity index (χ0v) is 14.4. The fraction of sp³-hybridized carbons (Fsp3) is 0.316. The number of carbonyl (C=O) groups is 1. The molecule has 2 aromatic carbocycles. The van der Waals surface area contributed by atoms with Gasteiger partial charge in [-0.2, -0.15) is 13.2 Å². The van der Waals surface area contributed by atoms with E-state index in [-0.39, 0.29) is 19.0 Å². The number of carbonyl (C=O) groups excluding carboxylic acids is 1. The van der Waals surface area contributed by atoms with E-state index in [0.29, 0.717) is 5.56 Å². The largest absolute Gasteiger partial charge is 0.416 e. The summed E-state index contributed by atoms with van der Waals surface area (Å²) in [7, 11) is 1.70. The molecular formula is C19H21F3N2O. The second kappa shape index (κ2) is 7.70. The number of aryl methyl sites for hydroxylation is 1. The first kappa shape index (κ1) is 19.0.